The molecule has 1 fully saturated rings. The highest BCUT2D eigenvalue weighted by Gasteiger charge is 2.22. The van der Waals surface area contributed by atoms with Crippen molar-refractivity contribution in [2.75, 3.05) is 19.6 Å². The summed E-state index contributed by atoms with van der Waals surface area (Å²) < 4.78 is 0. The minimum absolute atomic E-state index is 0.380. The second kappa shape index (κ2) is 7.83. The molecule has 0 aliphatic heterocycles. The van der Waals surface area contributed by atoms with E-state index in [4.69, 9.17) is 0 Å². The van der Waals surface area contributed by atoms with Gasteiger partial charge in [-0.15, -0.1) is 0 Å². The molecule has 2 heteroatoms. The molecular formula is C14H27NO. The van der Waals surface area contributed by atoms with Crippen molar-refractivity contribution in [3.8, 4) is 0 Å². The number of carbonyl (C=O) groups is 1. The van der Waals surface area contributed by atoms with Gasteiger partial charge in [-0.05, 0) is 38.8 Å². The summed E-state index contributed by atoms with van der Waals surface area (Å²) in [6.07, 6.45) is 8.44. The van der Waals surface area contributed by atoms with E-state index in [0.29, 0.717) is 18.2 Å². The number of ketones is 1. The van der Waals surface area contributed by atoms with Crippen LogP contribution < -0.4 is 0 Å². The van der Waals surface area contributed by atoms with Gasteiger partial charge in [0.2, 0.25) is 0 Å². The van der Waals surface area contributed by atoms with Gasteiger partial charge in [-0.2, -0.15) is 0 Å². The Kier molecular flexibility index (Phi) is 6.70. The second-order valence-corrected chi connectivity index (χ2v) is 5.08. The number of nitrogens with zero attached hydrogens (tertiary/aromatic N) is 1. The minimum Gasteiger partial charge on any atom is -0.298 e. The van der Waals surface area contributed by atoms with Crippen molar-refractivity contribution in [1.29, 1.82) is 0 Å². The van der Waals surface area contributed by atoms with Gasteiger partial charge in [0.25, 0.3) is 0 Å². The fourth-order valence-corrected chi connectivity index (χ4v) is 2.68. The molecule has 1 aliphatic carbocycles. The first-order chi connectivity index (χ1) is 7.77. The van der Waals surface area contributed by atoms with Crippen LogP contribution in [0, 0.1) is 5.92 Å². The van der Waals surface area contributed by atoms with Gasteiger partial charge in [0.15, 0.2) is 0 Å². The average molecular weight is 225 g/mol. The molecule has 0 amide bonds. The van der Waals surface area contributed by atoms with Crippen molar-refractivity contribution >= 4 is 5.78 Å². The molecule has 2 nitrogen and oxygen atoms in total. The van der Waals surface area contributed by atoms with Crippen molar-refractivity contribution in [3.05, 3.63) is 0 Å². The van der Waals surface area contributed by atoms with E-state index in [1.165, 1.54) is 19.3 Å². The lowest BCUT2D eigenvalue weighted by atomic mass is 9.86. The molecule has 1 aliphatic rings. The Balaban J connectivity index is 2.33. The van der Waals surface area contributed by atoms with Crippen LogP contribution >= 0.6 is 0 Å². The fraction of sp³-hybridized carbons (Fsp3) is 0.929. The number of carbonyl (C=O) groups excluding carboxylic acids is 1. The third kappa shape index (κ3) is 4.65. The molecule has 94 valence electrons. The van der Waals surface area contributed by atoms with Crippen LogP contribution in [-0.4, -0.2) is 30.3 Å². The second-order valence-electron chi connectivity index (χ2n) is 5.08. The molecule has 0 bridgehead atoms. The van der Waals surface area contributed by atoms with Crippen molar-refractivity contribution in [3.63, 3.8) is 0 Å². The van der Waals surface area contributed by atoms with Crippen LogP contribution in [0.3, 0.4) is 0 Å². The first kappa shape index (κ1) is 13.7. The van der Waals surface area contributed by atoms with Crippen molar-refractivity contribution in [1.82, 2.24) is 4.90 Å². The van der Waals surface area contributed by atoms with Crippen molar-refractivity contribution in [2.45, 2.75) is 58.8 Å². The molecule has 0 N–H and O–H groups in total. The summed E-state index contributed by atoms with van der Waals surface area (Å²) in [6, 6.07) is 0. The highest BCUT2D eigenvalue weighted by atomic mass is 16.1. The zero-order valence-corrected chi connectivity index (χ0v) is 11.0. The molecule has 0 spiro atoms. The number of Topliss-reactive ketones (excluding diaryl/α,β-unsaturated/α-hetero) is 1. The van der Waals surface area contributed by atoms with E-state index in [-0.39, 0.29) is 0 Å². The van der Waals surface area contributed by atoms with Gasteiger partial charge in [-0.3, -0.25) is 9.69 Å². The molecular weight excluding hydrogens is 198 g/mol. The van der Waals surface area contributed by atoms with Gasteiger partial charge in [0.05, 0.1) is 6.54 Å². The zero-order chi connectivity index (χ0) is 11.8. The molecule has 16 heavy (non-hydrogen) atoms. The van der Waals surface area contributed by atoms with E-state index < -0.39 is 0 Å². The van der Waals surface area contributed by atoms with Gasteiger partial charge in [0.1, 0.15) is 5.78 Å². The van der Waals surface area contributed by atoms with E-state index in [2.05, 4.69) is 18.7 Å². The molecule has 0 aromatic carbocycles. The van der Waals surface area contributed by atoms with Gasteiger partial charge < -0.3 is 0 Å². The van der Waals surface area contributed by atoms with E-state index >= 15 is 0 Å². The van der Waals surface area contributed by atoms with Crippen LogP contribution in [0.5, 0.6) is 0 Å². The van der Waals surface area contributed by atoms with E-state index in [0.717, 1.165) is 38.8 Å². The maximum atomic E-state index is 12.1. The third-order valence-electron chi connectivity index (χ3n) is 3.52. The lowest BCUT2D eigenvalue weighted by Crippen LogP contribution is -2.35. The molecule has 1 rings (SSSR count). The number of hydrogen-bond donors (Lipinski definition) is 0. The van der Waals surface area contributed by atoms with E-state index in [1.54, 1.807) is 0 Å². The number of hydrogen-bond acceptors (Lipinski definition) is 2. The van der Waals surface area contributed by atoms with Crippen LogP contribution in [0.1, 0.15) is 58.8 Å². The summed E-state index contributed by atoms with van der Waals surface area (Å²) in [6.45, 7) is 7.23. The predicted molar refractivity (Wildman–Crippen MR) is 68.6 cm³/mol. The Labute approximate surface area is 100 Å². The summed E-state index contributed by atoms with van der Waals surface area (Å²) in [4.78, 5) is 14.4. The van der Waals surface area contributed by atoms with Crippen LogP contribution in [-0.2, 0) is 4.79 Å². The molecule has 0 radical (unpaired) electrons. The molecule has 0 atom stereocenters. The van der Waals surface area contributed by atoms with E-state index in [1.807, 2.05) is 0 Å². The highest BCUT2D eigenvalue weighted by molar-refractivity contribution is 5.83. The summed E-state index contributed by atoms with van der Waals surface area (Å²) in [5.41, 5.74) is 0. The Hall–Kier alpha value is -0.370. The molecule has 0 heterocycles. The quantitative estimate of drug-likeness (QED) is 0.663. The average Bonchev–Trinajstić information content (AvgIpc) is 2.31. The normalized spacial score (nSPS) is 17.9. The van der Waals surface area contributed by atoms with Crippen molar-refractivity contribution in [2.24, 2.45) is 5.92 Å². The summed E-state index contributed by atoms with van der Waals surface area (Å²) >= 11 is 0. The monoisotopic (exact) mass is 225 g/mol. The third-order valence-corrected chi connectivity index (χ3v) is 3.52. The lowest BCUT2D eigenvalue weighted by molar-refractivity contribution is -0.125. The van der Waals surface area contributed by atoms with Crippen molar-refractivity contribution < 1.29 is 4.79 Å². The fourth-order valence-electron chi connectivity index (χ4n) is 2.68. The van der Waals surface area contributed by atoms with Crippen LogP contribution in [0.2, 0.25) is 0 Å². The Morgan fingerprint density at radius 3 is 2.12 bits per heavy atom. The molecule has 1 saturated carbocycles. The predicted octanol–water partition coefficient (Wildman–Crippen LogP) is 3.26. The summed E-state index contributed by atoms with van der Waals surface area (Å²) in [5, 5.41) is 0. The molecule has 0 aromatic rings. The zero-order valence-electron chi connectivity index (χ0n) is 11.0. The maximum Gasteiger partial charge on any atom is 0.149 e. The topological polar surface area (TPSA) is 20.3 Å². The first-order valence-corrected chi connectivity index (χ1v) is 7.03. The van der Waals surface area contributed by atoms with Crippen LogP contribution in [0.15, 0.2) is 0 Å². The highest BCUT2D eigenvalue weighted by Crippen LogP contribution is 2.24. The smallest absolute Gasteiger partial charge is 0.149 e. The maximum absolute atomic E-state index is 12.1. The van der Waals surface area contributed by atoms with Gasteiger partial charge >= 0.3 is 0 Å². The van der Waals surface area contributed by atoms with Crippen LogP contribution in [0.4, 0.5) is 0 Å². The lowest BCUT2D eigenvalue weighted by Gasteiger charge is -2.25. The van der Waals surface area contributed by atoms with Gasteiger partial charge in [0, 0.05) is 5.92 Å². The molecule has 0 unspecified atom stereocenters. The van der Waals surface area contributed by atoms with Gasteiger partial charge in [-0.1, -0.05) is 33.1 Å². The van der Waals surface area contributed by atoms with Crippen LogP contribution in [0.25, 0.3) is 0 Å². The van der Waals surface area contributed by atoms with Gasteiger partial charge in [-0.25, -0.2) is 0 Å². The Morgan fingerprint density at radius 2 is 1.62 bits per heavy atom. The molecule has 0 aromatic heterocycles. The Bertz CT molecular complexity index is 191. The summed E-state index contributed by atoms with van der Waals surface area (Å²) in [5.74, 6) is 0.881. The SMILES string of the molecule is CCCN(CCC)CC(=O)C1CCCCC1. The van der Waals surface area contributed by atoms with E-state index in [9.17, 15) is 4.79 Å². The standard InChI is InChI=1S/C14H27NO/c1-3-10-15(11-4-2)12-14(16)13-8-6-5-7-9-13/h13H,3-12H2,1-2H3. The molecule has 0 saturated heterocycles. The summed E-state index contributed by atoms with van der Waals surface area (Å²) in [7, 11) is 0. The number of rotatable bonds is 7. The largest absolute Gasteiger partial charge is 0.298 e. The Morgan fingerprint density at radius 1 is 1.06 bits per heavy atom. The first-order valence-electron chi connectivity index (χ1n) is 7.03. The minimum atomic E-state index is 0.380.